The van der Waals surface area contributed by atoms with Crippen LogP contribution in [0.5, 0.6) is 0 Å². The van der Waals surface area contributed by atoms with Gasteiger partial charge in [0.1, 0.15) is 5.82 Å². The van der Waals surface area contributed by atoms with Crippen molar-refractivity contribution in [1.29, 1.82) is 0 Å². The van der Waals surface area contributed by atoms with E-state index in [1.165, 1.54) is 0 Å². The Hall–Kier alpha value is -0.450. The lowest BCUT2D eigenvalue weighted by Crippen LogP contribution is -2.25. The van der Waals surface area contributed by atoms with Crippen LogP contribution in [0.4, 0.5) is 4.39 Å². The van der Waals surface area contributed by atoms with Gasteiger partial charge in [0.05, 0.1) is 10.6 Å². The highest BCUT2D eigenvalue weighted by Gasteiger charge is 2.14. The average Bonchev–Trinajstić information content (AvgIpc) is 2.76. The van der Waals surface area contributed by atoms with Gasteiger partial charge in [-0.1, -0.05) is 6.07 Å². The molecule has 88 valence electrons. The molecule has 0 spiro atoms. The molecule has 1 saturated heterocycles. The van der Waals surface area contributed by atoms with Crippen molar-refractivity contribution in [3.63, 3.8) is 0 Å². The van der Waals surface area contributed by atoms with Gasteiger partial charge in [-0.05, 0) is 46.5 Å². The SMILES string of the molecule is Fc1cc(CNCC2CCCO2)ccc1Br. The van der Waals surface area contributed by atoms with Crippen molar-refractivity contribution >= 4 is 15.9 Å². The zero-order valence-corrected chi connectivity index (χ0v) is 10.6. The van der Waals surface area contributed by atoms with Gasteiger partial charge in [0, 0.05) is 19.7 Å². The maximum Gasteiger partial charge on any atom is 0.137 e. The third-order valence-corrected chi connectivity index (χ3v) is 3.35. The average molecular weight is 288 g/mol. The molecular formula is C12H15BrFNO. The largest absolute Gasteiger partial charge is 0.377 e. The zero-order valence-electron chi connectivity index (χ0n) is 9.01. The van der Waals surface area contributed by atoms with Crippen LogP contribution in [0.25, 0.3) is 0 Å². The number of hydrogen-bond acceptors (Lipinski definition) is 2. The van der Waals surface area contributed by atoms with E-state index in [-0.39, 0.29) is 5.82 Å². The van der Waals surface area contributed by atoms with Gasteiger partial charge >= 0.3 is 0 Å². The van der Waals surface area contributed by atoms with Crippen molar-refractivity contribution in [1.82, 2.24) is 5.32 Å². The lowest BCUT2D eigenvalue weighted by Gasteiger charge is -2.10. The molecule has 1 unspecified atom stereocenters. The maximum absolute atomic E-state index is 13.2. The molecule has 1 N–H and O–H groups in total. The number of hydrogen-bond donors (Lipinski definition) is 1. The van der Waals surface area contributed by atoms with Crippen LogP contribution in [0.15, 0.2) is 22.7 Å². The molecule has 16 heavy (non-hydrogen) atoms. The molecule has 1 heterocycles. The maximum atomic E-state index is 13.2. The smallest absolute Gasteiger partial charge is 0.137 e. The summed E-state index contributed by atoms with van der Waals surface area (Å²) in [6.45, 7) is 2.40. The van der Waals surface area contributed by atoms with Crippen LogP contribution in [0.3, 0.4) is 0 Å². The normalized spacial score (nSPS) is 20.2. The van der Waals surface area contributed by atoms with Crippen LogP contribution in [-0.2, 0) is 11.3 Å². The minimum atomic E-state index is -0.212. The van der Waals surface area contributed by atoms with E-state index in [9.17, 15) is 4.39 Å². The van der Waals surface area contributed by atoms with E-state index in [0.29, 0.717) is 17.1 Å². The van der Waals surface area contributed by atoms with Gasteiger partial charge in [-0.15, -0.1) is 0 Å². The van der Waals surface area contributed by atoms with Crippen LogP contribution in [0.2, 0.25) is 0 Å². The molecule has 0 saturated carbocycles. The summed E-state index contributed by atoms with van der Waals surface area (Å²) in [6.07, 6.45) is 2.61. The van der Waals surface area contributed by atoms with E-state index in [1.807, 2.05) is 6.07 Å². The minimum absolute atomic E-state index is 0.212. The van der Waals surface area contributed by atoms with Gasteiger partial charge in [0.25, 0.3) is 0 Å². The second kappa shape index (κ2) is 5.75. The third kappa shape index (κ3) is 3.27. The Labute approximate surface area is 103 Å². The van der Waals surface area contributed by atoms with Crippen LogP contribution in [-0.4, -0.2) is 19.3 Å². The van der Waals surface area contributed by atoms with Crippen molar-refractivity contribution in [3.8, 4) is 0 Å². The lowest BCUT2D eigenvalue weighted by atomic mass is 10.2. The highest BCUT2D eigenvalue weighted by atomic mass is 79.9. The molecule has 1 fully saturated rings. The summed E-state index contributed by atoms with van der Waals surface area (Å²) in [4.78, 5) is 0. The van der Waals surface area contributed by atoms with E-state index < -0.39 is 0 Å². The van der Waals surface area contributed by atoms with Gasteiger partial charge in [0.15, 0.2) is 0 Å². The van der Waals surface area contributed by atoms with Crippen molar-refractivity contribution < 1.29 is 9.13 Å². The Kier molecular flexibility index (Phi) is 4.32. The number of ether oxygens (including phenoxy) is 1. The molecule has 0 aliphatic carbocycles. The summed E-state index contributed by atoms with van der Waals surface area (Å²) in [7, 11) is 0. The number of nitrogens with one attached hydrogen (secondary N) is 1. The number of benzene rings is 1. The first-order chi connectivity index (χ1) is 7.75. The first-order valence-corrected chi connectivity index (χ1v) is 6.31. The van der Waals surface area contributed by atoms with E-state index in [0.717, 1.165) is 31.6 Å². The topological polar surface area (TPSA) is 21.3 Å². The highest BCUT2D eigenvalue weighted by molar-refractivity contribution is 9.10. The standard InChI is InChI=1S/C12H15BrFNO/c13-11-4-3-9(6-12(11)14)7-15-8-10-2-1-5-16-10/h3-4,6,10,15H,1-2,5,7-8H2. The quantitative estimate of drug-likeness (QED) is 0.920. The summed E-state index contributed by atoms with van der Waals surface area (Å²) in [5, 5.41) is 3.28. The summed E-state index contributed by atoms with van der Waals surface area (Å²) in [5.74, 6) is -0.212. The molecule has 2 rings (SSSR count). The van der Waals surface area contributed by atoms with Gasteiger partial charge < -0.3 is 10.1 Å². The lowest BCUT2D eigenvalue weighted by molar-refractivity contribution is 0.110. The Balaban J connectivity index is 1.78. The van der Waals surface area contributed by atoms with E-state index in [2.05, 4.69) is 21.2 Å². The summed E-state index contributed by atoms with van der Waals surface area (Å²) >= 11 is 3.14. The molecule has 1 atom stereocenters. The fourth-order valence-electron chi connectivity index (χ4n) is 1.83. The molecule has 2 nitrogen and oxygen atoms in total. The van der Waals surface area contributed by atoms with E-state index >= 15 is 0 Å². The highest BCUT2D eigenvalue weighted by Crippen LogP contribution is 2.16. The second-order valence-electron chi connectivity index (χ2n) is 4.01. The Morgan fingerprint density at radius 1 is 1.50 bits per heavy atom. The summed E-state index contributed by atoms with van der Waals surface area (Å²) < 4.78 is 19.2. The number of rotatable bonds is 4. The summed E-state index contributed by atoms with van der Waals surface area (Å²) in [6, 6.07) is 5.20. The van der Waals surface area contributed by atoms with Crippen molar-refractivity contribution in [2.24, 2.45) is 0 Å². The van der Waals surface area contributed by atoms with Crippen LogP contribution in [0, 0.1) is 5.82 Å². The Morgan fingerprint density at radius 2 is 2.38 bits per heavy atom. The second-order valence-corrected chi connectivity index (χ2v) is 4.87. The predicted octanol–water partition coefficient (Wildman–Crippen LogP) is 2.86. The van der Waals surface area contributed by atoms with Crippen molar-refractivity contribution in [3.05, 3.63) is 34.1 Å². The van der Waals surface area contributed by atoms with Crippen LogP contribution < -0.4 is 5.32 Å². The predicted molar refractivity (Wildman–Crippen MR) is 64.8 cm³/mol. The van der Waals surface area contributed by atoms with Gasteiger partial charge in [-0.3, -0.25) is 0 Å². The third-order valence-electron chi connectivity index (χ3n) is 2.71. The fourth-order valence-corrected chi connectivity index (χ4v) is 2.08. The molecule has 1 aliphatic rings. The monoisotopic (exact) mass is 287 g/mol. The van der Waals surface area contributed by atoms with E-state index in [1.54, 1.807) is 12.1 Å². The molecule has 1 aromatic rings. The molecule has 1 aromatic carbocycles. The molecule has 0 amide bonds. The Bertz CT molecular complexity index is 353. The molecule has 0 aromatic heterocycles. The first kappa shape index (κ1) is 12.0. The first-order valence-electron chi connectivity index (χ1n) is 5.52. The van der Waals surface area contributed by atoms with Crippen molar-refractivity contribution in [2.45, 2.75) is 25.5 Å². The van der Waals surface area contributed by atoms with Crippen molar-refractivity contribution in [2.75, 3.05) is 13.2 Å². The molecule has 1 aliphatic heterocycles. The number of halogens is 2. The van der Waals surface area contributed by atoms with Gasteiger partial charge in [0.2, 0.25) is 0 Å². The fraction of sp³-hybridized carbons (Fsp3) is 0.500. The molecule has 0 radical (unpaired) electrons. The van der Waals surface area contributed by atoms with E-state index in [4.69, 9.17) is 4.74 Å². The van der Waals surface area contributed by atoms with Crippen LogP contribution >= 0.6 is 15.9 Å². The zero-order chi connectivity index (χ0) is 11.4. The van der Waals surface area contributed by atoms with Gasteiger partial charge in [-0.2, -0.15) is 0 Å². The molecule has 0 bridgehead atoms. The molecular weight excluding hydrogens is 273 g/mol. The van der Waals surface area contributed by atoms with Crippen LogP contribution in [0.1, 0.15) is 18.4 Å². The summed E-state index contributed by atoms with van der Waals surface area (Å²) in [5.41, 5.74) is 0.957. The Morgan fingerprint density at radius 3 is 3.06 bits per heavy atom. The molecule has 4 heteroatoms. The minimum Gasteiger partial charge on any atom is -0.377 e. The van der Waals surface area contributed by atoms with Gasteiger partial charge in [-0.25, -0.2) is 4.39 Å².